The summed E-state index contributed by atoms with van der Waals surface area (Å²) < 4.78 is 115. The minimum atomic E-state index is -5.59. The largest absolute Gasteiger partial charge is 0.758 e. The Bertz CT molecular complexity index is 828. The van der Waals surface area contributed by atoms with Crippen molar-refractivity contribution in [1.82, 2.24) is 0 Å². The van der Waals surface area contributed by atoms with Crippen LogP contribution < -0.4 is 0 Å². The van der Waals surface area contributed by atoms with E-state index in [0.717, 1.165) is 0 Å². The molecule has 0 aliphatic carbocycles. The summed E-state index contributed by atoms with van der Waals surface area (Å²) in [5.74, 6) is 0. The summed E-state index contributed by atoms with van der Waals surface area (Å²) in [7, 11) is -11.2. The van der Waals surface area contributed by atoms with Gasteiger partial charge in [-0.05, 0) is 51.4 Å². The van der Waals surface area contributed by atoms with Crippen LogP contribution in [0.5, 0.6) is 0 Å². The van der Waals surface area contributed by atoms with Gasteiger partial charge in [-0.25, -0.2) is 0 Å². The van der Waals surface area contributed by atoms with Crippen molar-refractivity contribution in [3.63, 3.8) is 0 Å². The van der Waals surface area contributed by atoms with Crippen LogP contribution in [0.1, 0.15) is 158 Å². The zero-order valence-electron chi connectivity index (χ0n) is 32.6. The first-order valence-electron chi connectivity index (χ1n) is 18.8. The third-order valence-electron chi connectivity index (χ3n) is 8.50. The summed E-state index contributed by atoms with van der Waals surface area (Å²) in [6.45, 7) is 30.0. The van der Waals surface area contributed by atoms with Gasteiger partial charge in [0.15, 0.2) is 0 Å². The Balaban J connectivity index is -0.000000300. The van der Waals surface area contributed by atoms with Gasteiger partial charge in [-0.3, -0.25) is 18.0 Å². The Morgan fingerprint density at radius 2 is 0.500 bits per heavy atom. The number of nitrogens with one attached hydrogen (secondary N) is 2. The molecular formula is C34H74F6N4O4S2. The first-order valence-corrected chi connectivity index (χ1v) is 21.8. The second kappa shape index (κ2) is 30.7. The highest BCUT2D eigenvalue weighted by Crippen LogP contribution is 2.22. The molecule has 2 N–H and O–H groups in total. The fraction of sp³-hybridized carbons (Fsp3) is 1.00. The first kappa shape index (κ1) is 56.1. The van der Waals surface area contributed by atoms with Gasteiger partial charge in [-0.2, -0.15) is 26.3 Å². The fourth-order valence-electron chi connectivity index (χ4n) is 5.29. The highest BCUT2D eigenvalue weighted by Gasteiger charge is 2.34. The first-order chi connectivity index (χ1) is 23.0. The van der Waals surface area contributed by atoms with E-state index in [4.69, 9.17) is 9.56 Å². The van der Waals surface area contributed by atoms with Crippen molar-refractivity contribution in [3.05, 3.63) is 0 Å². The van der Waals surface area contributed by atoms with Crippen LogP contribution in [0.25, 0.3) is 0 Å². The molecule has 0 aromatic heterocycles. The second-order valence-corrected chi connectivity index (χ2v) is 16.1. The number of rotatable bonds is 24. The molecule has 2 unspecified atom stereocenters. The van der Waals surface area contributed by atoms with Gasteiger partial charge >= 0.3 is 11.0 Å². The van der Waals surface area contributed by atoms with Crippen LogP contribution in [0.2, 0.25) is 0 Å². The lowest BCUT2D eigenvalue weighted by Gasteiger charge is -2.39. The van der Waals surface area contributed by atoms with Crippen molar-refractivity contribution in [2.45, 2.75) is 169 Å². The molecule has 2 atom stereocenters. The Labute approximate surface area is 303 Å². The zero-order chi connectivity index (χ0) is 40.0. The Hall–Kier alpha value is -0.680. The minimum absolute atomic E-state index is 1.35. The van der Waals surface area contributed by atoms with E-state index >= 15 is 0 Å². The summed E-state index contributed by atoms with van der Waals surface area (Å²) in [5, 5.41) is 0. The average Bonchev–Trinajstić information content (AvgIpc) is 3.02. The summed E-state index contributed by atoms with van der Waals surface area (Å²) in [6, 6.07) is 0. The summed E-state index contributed by atoms with van der Waals surface area (Å²) in [4.78, 5) is 0. The minimum Gasteiger partial charge on any atom is -0.758 e. The molecule has 0 bridgehead atoms. The number of nitrogens with zero attached hydrogens (tertiary/aromatic N) is 2. The lowest BCUT2D eigenvalue weighted by atomic mass is 10.1. The van der Waals surface area contributed by atoms with E-state index < -0.39 is 31.0 Å². The lowest BCUT2D eigenvalue weighted by Crippen LogP contribution is -2.50. The van der Waals surface area contributed by atoms with Gasteiger partial charge in [-0.1, -0.05) is 107 Å². The molecule has 0 aliphatic heterocycles. The van der Waals surface area contributed by atoms with Crippen molar-refractivity contribution in [3.8, 4) is 0 Å². The van der Waals surface area contributed by atoms with Gasteiger partial charge in [0.1, 0.15) is 0 Å². The monoisotopic (exact) mass is 781 g/mol. The summed E-state index contributed by atoms with van der Waals surface area (Å²) in [6.07, 6.45) is 22.1. The van der Waals surface area contributed by atoms with Crippen molar-refractivity contribution >= 4 is 20.0 Å². The van der Waals surface area contributed by atoms with E-state index in [-0.39, 0.29) is 0 Å². The molecule has 0 spiro atoms. The van der Waals surface area contributed by atoms with Crippen molar-refractivity contribution in [2.75, 3.05) is 52.4 Å². The zero-order valence-corrected chi connectivity index (χ0v) is 34.2. The maximum Gasteiger partial charge on any atom is 0.466 e. The van der Waals surface area contributed by atoms with E-state index in [0.29, 0.717) is 0 Å². The summed E-state index contributed by atoms with van der Waals surface area (Å²) >= 11 is 0. The molecular weight excluding hydrogens is 707 g/mol. The molecule has 0 radical (unpaired) electrons. The normalized spacial score (nSPS) is 14.6. The molecule has 50 heavy (non-hydrogen) atoms. The topological polar surface area (TPSA) is 128 Å². The van der Waals surface area contributed by atoms with Crippen LogP contribution >= 0.6 is 0 Å². The number of halogens is 6. The molecule has 0 rings (SSSR count). The van der Waals surface area contributed by atoms with Crippen LogP contribution in [-0.2, 0) is 20.0 Å². The van der Waals surface area contributed by atoms with Gasteiger partial charge in [0, 0.05) is 0 Å². The van der Waals surface area contributed by atoms with Crippen LogP contribution in [0.15, 0.2) is 0 Å². The molecule has 0 saturated carbocycles. The average molecular weight is 781 g/mol. The number of hydrogen-bond acceptors (Lipinski definition) is 6. The third kappa shape index (κ3) is 30.9. The second-order valence-electron chi connectivity index (χ2n) is 13.2. The molecule has 0 aromatic carbocycles. The standard InChI is InChI=1S/2C16H36N.2CH2F3NO2S/c2*1-5-9-13-17(14-10-6-2,15-11-7-3)16-12-8-4;2*2-1(3,4)8(5,6)7/h2*5-16H2,1-4H3;2*(H2,5,6,7)/q2*+1;;/p-2. The van der Waals surface area contributed by atoms with E-state index in [2.05, 4.69) is 55.4 Å². The van der Waals surface area contributed by atoms with Gasteiger partial charge in [0.2, 0.25) is 0 Å². The van der Waals surface area contributed by atoms with Crippen LogP contribution in [0, 0.1) is 9.56 Å². The van der Waals surface area contributed by atoms with Crippen molar-refractivity contribution in [1.29, 1.82) is 9.56 Å². The smallest absolute Gasteiger partial charge is 0.466 e. The van der Waals surface area contributed by atoms with E-state index in [1.807, 2.05) is 0 Å². The molecule has 0 fully saturated rings. The van der Waals surface area contributed by atoms with Gasteiger partial charge in [-0.15, -0.1) is 0 Å². The molecule has 0 aromatic rings. The number of alkyl halides is 6. The highest BCUT2D eigenvalue weighted by atomic mass is 32.2. The predicted octanol–water partition coefficient (Wildman–Crippen LogP) is 11.4. The maximum atomic E-state index is 10.8. The molecule has 308 valence electrons. The van der Waals surface area contributed by atoms with Gasteiger partial charge < -0.3 is 18.1 Å². The lowest BCUT2D eigenvalue weighted by molar-refractivity contribution is -0.929. The van der Waals surface area contributed by atoms with E-state index in [9.17, 15) is 43.9 Å². The molecule has 8 nitrogen and oxygen atoms in total. The van der Waals surface area contributed by atoms with Gasteiger partial charge in [0.25, 0.3) is 0 Å². The van der Waals surface area contributed by atoms with Gasteiger partial charge in [0.05, 0.1) is 72.4 Å². The Morgan fingerprint density at radius 1 is 0.400 bits per heavy atom. The molecule has 16 heteroatoms. The van der Waals surface area contributed by atoms with Crippen LogP contribution in [0.3, 0.4) is 0 Å². The van der Waals surface area contributed by atoms with E-state index in [1.54, 1.807) is 0 Å². The van der Waals surface area contributed by atoms with Crippen LogP contribution in [0.4, 0.5) is 26.3 Å². The number of quaternary nitrogens is 2. The molecule has 0 aliphatic rings. The van der Waals surface area contributed by atoms with Crippen molar-refractivity contribution < 1.29 is 52.8 Å². The number of unbranched alkanes of at least 4 members (excludes halogenated alkanes) is 8. The molecule has 0 heterocycles. The maximum absolute atomic E-state index is 10.8. The quantitative estimate of drug-likeness (QED) is 0.0746. The van der Waals surface area contributed by atoms with E-state index in [1.165, 1.54) is 164 Å². The fourth-order valence-corrected chi connectivity index (χ4v) is 5.29. The summed E-state index contributed by atoms with van der Waals surface area (Å²) in [5.41, 5.74) is -10.8. The highest BCUT2D eigenvalue weighted by molar-refractivity contribution is 7.87. The molecule has 0 amide bonds. The SMILES string of the molecule is CCCC[N+](CCCC)(CCCC)CCCC.CCCC[N+](CCCC)(CCCC)CCCC.N=S(=O)([O-])C(F)(F)F.N=S(=O)([O-])C(F)(F)F. The van der Waals surface area contributed by atoms with Crippen LogP contribution in [-0.4, -0.2) is 89.9 Å². The predicted molar refractivity (Wildman–Crippen MR) is 194 cm³/mol. The Morgan fingerprint density at radius 3 is 0.560 bits per heavy atom. The third-order valence-corrected chi connectivity index (χ3v) is 9.72. The van der Waals surface area contributed by atoms with Crippen molar-refractivity contribution in [2.24, 2.45) is 0 Å². The number of hydrogen-bond donors (Lipinski definition) is 2. The Kier molecular flexibility index (Phi) is 34.5. The molecule has 0 saturated heterocycles.